The Labute approximate surface area is 221 Å². The highest BCUT2D eigenvalue weighted by Gasteiger charge is 2.22. The van der Waals surface area contributed by atoms with Crippen LogP contribution in [0.15, 0.2) is 60.9 Å². The third kappa shape index (κ3) is 6.16. The number of ether oxygens (including phenoxy) is 2. The van der Waals surface area contributed by atoms with Crippen molar-refractivity contribution in [3.05, 3.63) is 72.1 Å². The summed E-state index contributed by atoms with van der Waals surface area (Å²) in [5.74, 6) is 0. The zero-order chi connectivity index (χ0) is 27.7. The summed E-state index contributed by atoms with van der Waals surface area (Å²) in [6.45, 7) is 11.3. The van der Waals surface area contributed by atoms with Gasteiger partial charge < -0.3 is 20.1 Å². The summed E-state index contributed by atoms with van der Waals surface area (Å²) in [4.78, 5) is 38.1. The number of hydrogen-bond acceptors (Lipinski definition) is 5. The normalized spacial score (nSPS) is 11.9. The van der Waals surface area contributed by atoms with E-state index in [9.17, 15) is 14.4 Å². The van der Waals surface area contributed by atoms with Crippen LogP contribution in [0.2, 0.25) is 0 Å². The third-order valence-corrected chi connectivity index (χ3v) is 5.65. The quantitative estimate of drug-likeness (QED) is 0.337. The van der Waals surface area contributed by atoms with Crippen LogP contribution >= 0.6 is 0 Å². The first-order valence-electron chi connectivity index (χ1n) is 12.5. The van der Waals surface area contributed by atoms with Crippen LogP contribution in [0, 0.1) is 0 Å². The Bertz CT molecular complexity index is 1390. The SMILES string of the molecule is CC(C)(C)OC(=O)n1cc(CNC(=O)NCc2cn(C(=O)OC(C)(C)C)c3ccccc23)c2ccccc21. The lowest BCUT2D eigenvalue weighted by Gasteiger charge is -2.19. The summed E-state index contributed by atoms with van der Waals surface area (Å²) in [5.41, 5.74) is 1.70. The highest BCUT2D eigenvalue weighted by Crippen LogP contribution is 2.24. The molecule has 2 N–H and O–H groups in total. The van der Waals surface area contributed by atoms with Gasteiger partial charge in [0.2, 0.25) is 0 Å². The van der Waals surface area contributed by atoms with Crippen molar-refractivity contribution in [1.29, 1.82) is 0 Å². The number of rotatable bonds is 4. The molecule has 200 valence electrons. The molecule has 0 radical (unpaired) electrons. The first-order valence-corrected chi connectivity index (χ1v) is 12.5. The first kappa shape index (κ1) is 26.8. The van der Waals surface area contributed by atoms with Crippen molar-refractivity contribution in [3.8, 4) is 0 Å². The van der Waals surface area contributed by atoms with Crippen molar-refractivity contribution < 1.29 is 23.9 Å². The maximum atomic E-state index is 12.7. The van der Waals surface area contributed by atoms with E-state index in [0.29, 0.717) is 11.0 Å². The van der Waals surface area contributed by atoms with E-state index in [1.54, 1.807) is 12.4 Å². The molecule has 4 rings (SSSR count). The molecule has 0 aliphatic carbocycles. The lowest BCUT2D eigenvalue weighted by atomic mass is 10.2. The molecule has 2 heterocycles. The Morgan fingerprint density at radius 1 is 0.658 bits per heavy atom. The van der Waals surface area contributed by atoms with Crippen LogP contribution in [-0.4, -0.2) is 38.6 Å². The molecule has 0 saturated heterocycles. The third-order valence-electron chi connectivity index (χ3n) is 5.65. The topological polar surface area (TPSA) is 104 Å². The second-order valence-corrected chi connectivity index (χ2v) is 11.1. The molecule has 2 aromatic heterocycles. The van der Waals surface area contributed by atoms with Crippen LogP contribution in [0.1, 0.15) is 52.7 Å². The van der Waals surface area contributed by atoms with E-state index in [0.717, 1.165) is 21.9 Å². The van der Waals surface area contributed by atoms with Crippen molar-refractivity contribution in [1.82, 2.24) is 19.8 Å². The first-order chi connectivity index (χ1) is 17.8. The van der Waals surface area contributed by atoms with Gasteiger partial charge in [-0.25, -0.2) is 14.4 Å². The lowest BCUT2D eigenvalue weighted by molar-refractivity contribution is 0.0533. The molecule has 2 amide bonds. The second-order valence-electron chi connectivity index (χ2n) is 11.1. The number of carbonyl (C=O) groups is 3. The molecule has 4 aromatic rings. The summed E-state index contributed by atoms with van der Waals surface area (Å²) in [6.07, 6.45) is 2.41. The van der Waals surface area contributed by atoms with Crippen LogP contribution in [0.25, 0.3) is 21.8 Å². The molecular weight excluding hydrogens is 484 g/mol. The lowest BCUT2D eigenvalue weighted by Crippen LogP contribution is -2.34. The fourth-order valence-corrected chi connectivity index (χ4v) is 4.12. The van der Waals surface area contributed by atoms with Gasteiger partial charge in [0, 0.05) is 36.3 Å². The number of benzene rings is 2. The van der Waals surface area contributed by atoms with E-state index in [4.69, 9.17) is 9.47 Å². The average Bonchev–Trinajstić information content (AvgIpc) is 3.38. The van der Waals surface area contributed by atoms with Gasteiger partial charge in [0.15, 0.2) is 0 Å². The van der Waals surface area contributed by atoms with Gasteiger partial charge in [-0.15, -0.1) is 0 Å². The van der Waals surface area contributed by atoms with Crippen molar-refractivity contribution in [3.63, 3.8) is 0 Å². The summed E-state index contributed by atoms with van der Waals surface area (Å²) >= 11 is 0. The number of amides is 2. The number of aromatic nitrogens is 2. The fourth-order valence-electron chi connectivity index (χ4n) is 4.12. The molecule has 0 spiro atoms. The average molecular weight is 519 g/mol. The predicted octanol–water partition coefficient (Wildman–Crippen LogP) is 6.16. The van der Waals surface area contributed by atoms with Crippen LogP contribution in [0.3, 0.4) is 0 Å². The Hall–Kier alpha value is -4.27. The van der Waals surface area contributed by atoms with E-state index in [-0.39, 0.29) is 19.1 Å². The Morgan fingerprint density at radius 2 is 1.03 bits per heavy atom. The van der Waals surface area contributed by atoms with Crippen LogP contribution in [0.4, 0.5) is 14.4 Å². The van der Waals surface area contributed by atoms with Crippen LogP contribution in [-0.2, 0) is 22.6 Å². The van der Waals surface area contributed by atoms with Crippen molar-refractivity contribution in [2.24, 2.45) is 0 Å². The molecule has 2 aromatic carbocycles. The minimum absolute atomic E-state index is 0.210. The number of fused-ring (bicyclic) bond motifs is 2. The number of hydrogen-bond donors (Lipinski definition) is 2. The standard InChI is InChI=1S/C29H34N4O5/c1-28(2,3)37-26(35)32-17-19(21-11-7-9-13-23(21)32)15-30-25(34)31-16-20-18-33(27(36)38-29(4,5)6)24-14-10-8-12-22(20)24/h7-14,17-18H,15-16H2,1-6H3,(H2,30,31,34). The monoisotopic (exact) mass is 518 g/mol. The van der Waals surface area contributed by atoms with E-state index in [1.165, 1.54) is 9.13 Å². The van der Waals surface area contributed by atoms with Crippen LogP contribution < -0.4 is 10.6 Å². The molecular formula is C29H34N4O5. The minimum Gasteiger partial charge on any atom is -0.443 e. The fraction of sp³-hybridized carbons (Fsp3) is 0.345. The summed E-state index contributed by atoms with van der Waals surface area (Å²) < 4.78 is 14.0. The van der Waals surface area contributed by atoms with E-state index >= 15 is 0 Å². The number of nitrogens with one attached hydrogen (secondary N) is 2. The largest absolute Gasteiger partial charge is 0.443 e. The van der Waals surface area contributed by atoms with Gasteiger partial charge in [0.05, 0.1) is 11.0 Å². The number of carbonyl (C=O) groups excluding carboxylic acids is 3. The highest BCUT2D eigenvalue weighted by atomic mass is 16.6. The number of urea groups is 1. The van der Waals surface area contributed by atoms with Gasteiger partial charge in [0.1, 0.15) is 11.2 Å². The summed E-state index contributed by atoms with van der Waals surface area (Å²) in [6, 6.07) is 14.5. The summed E-state index contributed by atoms with van der Waals surface area (Å²) in [7, 11) is 0. The zero-order valence-electron chi connectivity index (χ0n) is 22.6. The minimum atomic E-state index is -0.632. The Balaban J connectivity index is 1.46. The molecule has 9 heteroatoms. The van der Waals surface area contributed by atoms with Gasteiger partial charge in [-0.2, -0.15) is 0 Å². The smallest absolute Gasteiger partial charge is 0.419 e. The highest BCUT2D eigenvalue weighted by molar-refractivity contribution is 5.93. The van der Waals surface area contributed by atoms with E-state index in [1.807, 2.05) is 90.1 Å². The van der Waals surface area contributed by atoms with E-state index < -0.39 is 23.4 Å². The Morgan fingerprint density at radius 3 is 1.39 bits per heavy atom. The second kappa shape index (κ2) is 10.2. The van der Waals surface area contributed by atoms with Crippen LogP contribution in [0.5, 0.6) is 0 Å². The maximum Gasteiger partial charge on any atom is 0.419 e. The van der Waals surface area contributed by atoms with Crippen molar-refractivity contribution in [2.75, 3.05) is 0 Å². The van der Waals surface area contributed by atoms with Gasteiger partial charge >= 0.3 is 18.2 Å². The van der Waals surface area contributed by atoms with E-state index in [2.05, 4.69) is 10.6 Å². The maximum absolute atomic E-state index is 12.7. The molecule has 0 aliphatic heterocycles. The van der Waals surface area contributed by atoms with Crippen molar-refractivity contribution in [2.45, 2.75) is 65.8 Å². The molecule has 0 atom stereocenters. The number of para-hydroxylation sites is 2. The molecule has 0 saturated carbocycles. The van der Waals surface area contributed by atoms with Gasteiger partial charge in [-0.1, -0.05) is 36.4 Å². The Kier molecular flexibility index (Phi) is 7.22. The number of nitrogens with zero attached hydrogens (tertiary/aromatic N) is 2. The molecule has 38 heavy (non-hydrogen) atoms. The zero-order valence-corrected chi connectivity index (χ0v) is 22.6. The predicted molar refractivity (Wildman–Crippen MR) is 146 cm³/mol. The van der Waals surface area contributed by atoms with Crippen molar-refractivity contribution >= 4 is 40.0 Å². The molecule has 0 aliphatic rings. The molecule has 9 nitrogen and oxygen atoms in total. The van der Waals surface area contributed by atoms with Gasteiger partial charge in [0.25, 0.3) is 0 Å². The molecule has 0 unspecified atom stereocenters. The summed E-state index contributed by atoms with van der Waals surface area (Å²) in [5, 5.41) is 7.41. The molecule has 0 fully saturated rings. The van der Waals surface area contributed by atoms with Gasteiger partial charge in [-0.3, -0.25) is 9.13 Å². The van der Waals surface area contributed by atoms with Gasteiger partial charge in [-0.05, 0) is 64.8 Å². The molecule has 0 bridgehead atoms.